The van der Waals surface area contributed by atoms with Gasteiger partial charge < -0.3 is 10.1 Å². The lowest BCUT2D eigenvalue weighted by atomic mass is 9.94. The summed E-state index contributed by atoms with van der Waals surface area (Å²) < 4.78 is 5.39. The maximum atomic E-state index is 5.39. The molecule has 98 valence electrons. The summed E-state index contributed by atoms with van der Waals surface area (Å²) in [6, 6.07) is 11.8. The van der Waals surface area contributed by atoms with Gasteiger partial charge in [-0.3, -0.25) is 0 Å². The van der Waals surface area contributed by atoms with Crippen molar-refractivity contribution in [3.05, 3.63) is 35.9 Å². The number of hydrogen-bond acceptors (Lipinski definition) is 2. The topological polar surface area (TPSA) is 21.3 Å². The molecular weight excluding hydrogens is 222 g/mol. The average molecular weight is 245 g/mol. The van der Waals surface area contributed by atoms with Crippen LogP contribution in [0.15, 0.2) is 30.3 Å². The number of ether oxygens (including phenoxy) is 1. The number of fused-ring (bicyclic) bond motifs is 2. The van der Waals surface area contributed by atoms with Gasteiger partial charge in [0.2, 0.25) is 0 Å². The van der Waals surface area contributed by atoms with E-state index < -0.39 is 0 Å². The van der Waals surface area contributed by atoms with Gasteiger partial charge >= 0.3 is 0 Å². The average Bonchev–Trinajstić information content (AvgIpc) is 3.01. The third kappa shape index (κ3) is 2.45. The highest BCUT2D eigenvalue weighted by atomic mass is 16.5. The summed E-state index contributed by atoms with van der Waals surface area (Å²) in [4.78, 5) is 0. The van der Waals surface area contributed by atoms with Crippen molar-refractivity contribution in [1.82, 2.24) is 5.32 Å². The summed E-state index contributed by atoms with van der Waals surface area (Å²) in [7, 11) is 1.79. The second kappa shape index (κ2) is 5.41. The predicted octanol–water partition coefficient (Wildman–Crippen LogP) is 3.15. The molecule has 2 heteroatoms. The van der Waals surface area contributed by atoms with Gasteiger partial charge in [0.1, 0.15) is 0 Å². The minimum Gasteiger partial charge on any atom is -0.383 e. The first-order valence-electron chi connectivity index (χ1n) is 7.16. The Balaban J connectivity index is 1.67. The summed E-state index contributed by atoms with van der Waals surface area (Å²) in [5.41, 5.74) is 1.35. The normalized spacial score (nSPS) is 31.7. The van der Waals surface area contributed by atoms with E-state index in [9.17, 15) is 0 Å². The Hall–Kier alpha value is -0.860. The second-order valence-corrected chi connectivity index (χ2v) is 5.87. The van der Waals surface area contributed by atoms with Crippen LogP contribution in [0.3, 0.4) is 0 Å². The molecule has 0 aliphatic heterocycles. The number of methoxy groups -OCH3 is 1. The molecule has 0 spiro atoms. The van der Waals surface area contributed by atoms with Crippen LogP contribution in [0, 0.1) is 11.8 Å². The molecule has 0 saturated heterocycles. The number of hydrogen-bond donors (Lipinski definition) is 1. The fourth-order valence-corrected chi connectivity index (χ4v) is 3.80. The molecule has 0 heterocycles. The quantitative estimate of drug-likeness (QED) is 0.860. The van der Waals surface area contributed by atoms with E-state index in [2.05, 4.69) is 35.6 Å². The summed E-state index contributed by atoms with van der Waals surface area (Å²) >= 11 is 0. The Morgan fingerprint density at radius 3 is 2.67 bits per heavy atom. The highest BCUT2D eigenvalue weighted by Gasteiger charge is 2.40. The maximum absolute atomic E-state index is 5.39. The Bertz CT molecular complexity index is 378. The lowest BCUT2D eigenvalue weighted by molar-refractivity contribution is 0.154. The van der Waals surface area contributed by atoms with Crippen molar-refractivity contribution < 1.29 is 4.74 Å². The van der Waals surface area contributed by atoms with Crippen LogP contribution in [0.5, 0.6) is 0 Å². The van der Waals surface area contributed by atoms with Crippen molar-refractivity contribution in [2.75, 3.05) is 13.7 Å². The molecule has 4 atom stereocenters. The zero-order chi connectivity index (χ0) is 12.4. The van der Waals surface area contributed by atoms with Crippen LogP contribution >= 0.6 is 0 Å². The molecule has 2 aliphatic carbocycles. The first kappa shape index (κ1) is 12.2. The van der Waals surface area contributed by atoms with Gasteiger partial charge in [-0.05, 0) is 36.7 Å². The van der Waals surface area contributed by atoms with Gasteiger partial charge in [-0.15, -0.1) is 0 Å². The van der Waals surface area contributed by atoms with Crippen LogP contribution in [0.25, 0.3) is 0 Å². The van der Waals surface area contributed by atoms with E-state index in [1.807, 2.05) is 0 Å². The van der Waals surface area contributed by atoms with Crippen LogP contribution in [0.4, 0.5) is 0 Å². The van der Waals surface area contributed by atoms with E-state index in [0.717, 1.165) is 18.4 Å². The zero-order valence-corrected chi connectivity index (χ0v) is 11.1. The van der Waals surface area contributed by atoms with Crippen molar-refractivity contribution in [2.45, 2.75) is 37.8 Å². The maximum Gasteiger partial charge on any atom is 0.0657 e. The van der Waals surface area contributed by atoms with Crippen LogP contribution in [-0.4, -0.2) is 19.8 Å². The summed E-state index contributed by atoms with van der Waals surface area (Å²) in [5, 5.41) is 3.84. The smallest absolute Gasteiger partial charge is 0.0657 e. The predicted molar refractivity (Wildman–Crippen MR) is 73.4 cm³/mol. The molecule has 1 aromatic carbocycles. The SMILES string of the molecule is COCC(NC1CC2CCC1C2)c1ccccc1. The van der Waals surface area contributed by atoms with Crippen molar-refractivity contribution in [1.29, 1.82) is 0 Å². The summed E-state index contributed by atoms with van der Waals surface area (Å²) in [6.45, 7) is 0.762. The van der Waals surface area contributed by atoms with Gasteiger partial charge in [-0.2, -0.15) is 0 Å². The van der Waals surface area contributed by atoms with Crippen LogP contribution in [-0.2, 0) is 4.74 Å². The van der Waals surface area contributed by atoms with E-state index in [-0.39, 0.29) is 0 Å². The highest BCUT2D eigenvalue weighted by molar-refractivity contribution is 5.19. The molecule has 2 bridgehead atoms. The fraction of sp³-hybridized carbons (Fsp3) is 0.625. The number of benzene rings is 1. The molecule has 0 radical (unpaired) electrons. The van der Waals surface area contributed by atoms with Gasteiger partial charge in [0.05, 0.1) is 12.6 Å². The van der Waals surface area contributed by atoms with Crippen LogP contribution in [0.2, 0.25) is 0 Å². The van der Waals surface area contributed by atoms with E-state index in [1.165, 1.54) is 31.2 Å². The highest BCUT2D eigenvalue weighted by Crippen LogP contribution is 2.45. The Kier molecular flexibility index (Phi) is 3.67. The Morgan fingerprint density at radius 1 is 1.22 bits per heavy atom. The molecular formula is C16H23NO. The molecule has 2 saturated carbocycles. The van der Waals surface area contributed by atoms with Crippen molar-refractivity contribution in [2.24, 2.45) is 11.8 Å². The standard InChI is InChI=1S/C16H23NO/c1-18-11-16(13-5-3-2-4-6-13)17-15-10-12-7-8-14(15)9-12/h2-6,12,14-17H,7-11H2,1H3. The Labute approximate surface area is 110 Å². The van der Waals surface area contributed by atoms with E-state index in [1.54, 1.807) is 7.11 Å². The fourth-order valence-electron chi connectivity index (χ4n) is 3.80. The van der Waals surface area contributed by atoms with Gasteiger partial charge in [-0.1, -0.05) is 36.8 Å². The lowest BCUT2D eigenvalue weighted by Crippen LogP contribution is -2.38. The largest absolute Gasteiger partial charge is 0.383 e. The summed E-state index contributed by atoms with van der Waals surface area (Å²) in [6.07, 6.45) is 5.71. The molecule has 1 aromatic rings. The molecule has 3 rings (SSSR count). The molecule has 0 aromatic heterocycles. The minimum absolute atomic E-state index is 0.348. The van der Waals surface area contributed by atoms with Gasteiger partial charge in [0.15, 0.2) is 0 Å². The number of nitrogens with one attached hydrogen (secondary N) is 1. The zero-order valence-electron chi connectivity index (χ0n) is 11.1. The van der Waals surface area contributed by atoms with Crippen molar-refractivity contribution in [3.8, 4) is 0 Å². The molecule has 0 amide bonds. The Morgan fingerprint density at radius 2 is 2.06 bits per heavy atom. The molecule has 4 unspecified atom stereocenters. The molecule has 2 fully saturated rings. The molecule has 1 N–H and O–H groups in total. The van der Waals surface area contributed by atoms with E-state index in [4.69, 9.17) is 4.74 Å². The van der Waals surface area contributed by atoms with E-state index >= 15 is 0 Å². The van der Waals surface area contributed by atoms with Crippen molar-refractivity contribution in [3.63, 3.8) is 0 Å². The molecule has 2 aliphatic rings. The van der Waals surface area contributed by atoms with Gasteiger partial charge in [0, 0.05) is 13.2 Å². The lowest BCUT2D eigenvalue weighted by Gasteiger charge is -2.28. The van der Waals surface area contributed by atoms with Crippen molar-refractivity contribution >= 4 is 0 Å². The molecule has 2 nitrogen and oxygen atoms in total. The van der Waals surface area contributed by atoms with Crippen LogP contribution in [0.1, 0.15) is 37.3 Å². The van der Waals surface area contributed by atoms with Crippen LogP contribution < -0.4 is 5.32 Å². The summed E-state index contributed by atoms with van der Waals surface area (Å²) in [5.74, 6) is 1.91. The third-order valence-corrected chi connectivity index (χ3v) is 4.69. The minimum atomic E-state index is 0.348. The number of rotatable bonds is 5. The second-order valence-electron chi connectivity index (χ2n) is 5.87. The first-order valence-corrected chi connectivity index (χ1v) is 7.16. The third-order valence-electron chi connectivity index (χ3n) is 4.69. The van der Waals surface area contributed by atoms with E-state index in [0.29, 0.717) is 12.1 Å². The first-order chi connectivity index (χ1) is 8.86. The monoisotopic (exact) mass is 245 g/mol. The molecule has 18 heavy (non-hydrogen) atoms. The van der Waals surface area contributed by atoms with Gasteiger partial charge in [0.25, 0.3) is 0 Å². The van der Waals surface area contributed by atoms with Gasteiger partial charge in [-0.25, -0.2) is 0 Å².